The molecule has 0 amide bonds. The van der Waals surface area contributed by atoms with Gasteiger partial charge in [0, 0.05) is 39.9 Å². The number of allylic oxidation sites excluding steroid dienone is 2. The minimum absolute atomic E-state index is 0.00179. The number of para-hydroxylation sites is 3. The van der Waals surface area contributed by atoms with E-state index in [9.17, 15) is 89.4 Å². The lowest BCUT2D eigenvalue weighted by atomic mass is 9.85. The van der Waals surface area contributed by atoms with Crippen LogP contribution in [0.3, 0.4) is 0 Å². The molecule has 27 nitrogen and oxygen atoms in total. The monoisotopic (exact) mass is 1650 g/mol. The van der Waals surface area contributed by atoms with Crippen LogP contribution in [0.15, 0.2) is 245 Å². The topological polar surface area (TPSA) is 382 Å². The number of nitrogens with zero attached hydrogens (tertiary/aromatic N) is 3. The number of phenols is 3. The van der Waals surface area contributed by atoms with E-state index in [0.717, 1.165) is 58.5 Å². The Bertz CT molecular complexity index is 5470. The third kappa shape index (κ3) is 20.7. The van der Waals surface area contributed by atoms with Crippen molar-refractivity contribution in [1.82, 2.24) is 0 Å². The van der Waals surface area contributed by atoms with E-state index in [-0.39, 0.29) is 67.5 Å². The summed E-state index contributed by atoms with van der Waals surface area (Å²) in [7, 11) is -10.2. The largest absolute Gasteiger partial charge is 0.534 e. The molecule has 5 unspecified atom stereocenters. The van der Waals surface area contributed by atoms with Crippen LogP contribution in [-0.2, 0) is 96.9 Å². The van der Waals surface area contributed by atoms with Crippen LogP contribution >= 0.6 is 10.7 Å². The van der Waals surface area contributed by atoms with Gasteiger partial charge in [-0.05, 0) is 138 Å². The number of halogens is 4. The Morgan fingerprint density at radius 1 is 0.505 bits per heavy atom. The number of sulfonamides is 3. The molecule has 0 saturated carbocycles. The Kier molecular flexibility index (Phi) is 27.9. The number of fused-ring (bicyclic) bond motifs is 3. The first-order valence-electron chi connectivity index (χ1n) is 32.4. The number of hydrogen-bond acceptors (Lipinski definition) is 24. The number of anilines is 3. The number of carbonyl (C=O) groups is 5. The molecular formula is C75H69ClF3N3O24S5. The van der Waals surface area contributed by atoms with E-state index in [1.165, 1.54) is 91.7 Å². The summed E-state index contributed by atoms with van der Waals surface area (Å²) in [6.07, 6.45) is 10.1. The van der Waals surface area contributed by atoms with Gasteiger partial charge in [0.15, 0.2) is 0 Å². The Balaban J connectivity index is 0.000000179. The molecule has 0 bridgehead atoms. The summed E-state index contributed by atoms with van der Waals surface area (Å²) in [4.78, 5) is 56.9. The summed E-state index contributed by atoms with van der Waals surface area (Å²) in [5.41, 5.74) is -1.32. The fourth-order valence-electron chi connectivity index (χ4n) is 11.7. The number of ether oxygens (including phenoxy) is 5. The molecule has 8 aromatic carbocycles. The molecule has 3 N–H and O–H groups in total. The lowest BCUT2D eigenvalue weighted by Crippen LogP contribution is -2.37. The average Bonchev–Trinajstić information content (AvgIpc) is 1.59. The number of aromatic hydroxyl groups is 3. The zero-order chi connectivity index (χ0) is 81.4. The molecule has 0 radical (unpaired) electrons. The fraction of sp³-hybridized carbons (Fsp3) is 0.187. The second-order valence-corrected chi connectivity index (χ2v) is 33.3. The third-order valence-corrected chi connectivity index (χ3v) is 25.0. The average molecular weight is 1650 g/mol. The van der Waals surface area contributed by atoms with Crippen molar-refractivity contribution in [2.45, 2.75) is 62.8 Å². The number of esters is 5. The highest BCUT2D eigenvalue weighted by molar-refractivity contribution is 8.13. The number of benzene rings is 8. The SMILES string of the molecule is COC(=O)/C=C/c1cc(O)ccc1S(=O)(=O)Cl.COC(=O)/C=C/c1cccc(O)c1.COC(=O)CC1C2C=C(c3ccccc3)C=CC2S(=O)(=O)N1c1ccccc1.COC(=O)CC1c2cc(O)ccc2S(=O)(=O)N1c1ccccc1.COC(=O)CC1c2cc(OS(=O)(=O)C(F)(F)F)ccc2S(=O)(=O)N1c1ccccc1. The van der Waals surface area contributed by atoms with E-state index in [4.69, 9.17) is 20.5 Å². The maximum atomic E-state index is 13.3. The molecule has 0 aromatic heterocycles. The third-order valence-electron chi connectivity index (χ3n) is 16.7. The van der Waals surface area contributed by atoms with Gasteiger partial charge in [0.2, 0.25) is 10.0 Å². The summed E-state index contributed by atoms with van der Waals surface area (Å²) < 4.78 is 192. The van der Waals surface area contributed by atoms with Gasteiger partial charge in [-0.3, -0.25) is 27.3 Å². The second kappa shape index (κ2) is 36.3. The van der Waals surface area contributed by atoms with E-state index in [0.29, 0.717) is 16.9 Å². The summed E-state index contributed by atoms with van der Waals surface area (Å²) in [6, 6.07) is 49.3. The van der Waals surface area contributed by atoms with Crippen molar-refractivity contribution in [2.24, 2.45) is 5.92 Å². The summed E-state index contributed by atoms with van der Waals surface area (Å²) in [5, 5.41) is 27.3. The van der Waals surface area contributed by atoms with Gasteiger partial charge in [-0.2, -0.15) is 21.6 Å². The van der Waals surface area contributed by atoms with Crippen molar-refractivity contribution < 1.29 is 122 Å². The molecule has 36 heteroatoms. The summed E-state index contributed by atoms with van der Waals surface area (Å²) in [5.74, 6) is -3.90. The van der Waals surface area contributed by atoms with Gasteiger partial charge in [-0.15, -0.1) is 0 Å². The van der Waals surface area contributed by atoms with Crippen LogP contribution in [0.4, 0.5) is 30.2 Å². The standard InChI is InChI=1S/C22H21NO4S.C17H14F3NO7S2.C16H15NO5S.C10H9ClO5S.C10H10O3/c1-27-22(24)15-20-19-14-17(16-8-4-2-5-9-16)12-13-21(19)28(25,26)23(20)18-10-6-3-7-11-18;1-27-16(22)10-14-13-9-12(28-30(25,26)17(18,19)20)7-8-15(13)29(23,24)21(14)11-5-3-2-4-6-11;1-22-16(19)10-14-13-9-12(18)7-8-15(13)23(20,21)17(14)11-5-3-2-4-6-11;1-16-10(13)5-2-7-6-8(12)3-4-9(7)17(11,14)15;1-13-10(12)6-5-8-3-2-4-9(11)7-8/h2-14,19-21H,15H2,1H3;2-9,14H,10H2,1H3;2-9,14,18H,10H2,1H3;2-6,12H,1H3;2-7,11H,1H3/b;;;5-2+;6-5+. The maximum absolute atomic E-state index is 13.3. The predicted octanol–water partition coefficient (Wildman–Crippen LogP) is 11.4. The van der Waals surface area contributed by atoms with E-state index in [2.05, 4.69) is 23.1 Å². The van der Waals surface area contributed by atoms with Gasteiger partial charge >= 0.3 is 45.5 Å². The van der Waals surface area contributed by atoms with E-state index in [1.807, 2.05) is 48.6 Å². The highest BCUT2D eigenvalue weighted by Gasteiger charge is 2.54. The molecule has 5 atom stereocenters. The number of phenolic OH excluding ortho intramolecular Hbond substituents is 3. The van der Waals surface area contributed by atoms with E-state index >= 15 is 0 Å². The van der Waals surface area contributed by atoms with E-state index < -0.39 is 120 Å². The molecule has 8 aromatic rings. The van der Waals surface area contributed by atoms with Crippen LogP contribution < -0.4 is 17.1 Å². The number of carbonyl (C=O) groups excluding carboxylic acids is 5. The van der Waals surface area contributed by atoms with E-state index in [1.54, 1.807) is 109 Å². The lowest BCUT2D eigenvalue weighted by Gasteiger charge is -2.26. The van der Waals surface area contributed by atoms with Gasteiger partial charge < -0.3 is 43.2 Å². The number of hydrogen-bond donors (Lipinski definition) is 3. The smallest absolute Gasteiger partial charge is 0.508 e. The molecule has 1 saturated heterocycles. The summed E-state index contributed by atoms with van der Waals surface area (Å²) in [6.45, 7) is 0. The van der Waals surface area contributed by atoms with Crippen molar-refractivity contribution in [3.63, 3.8) is 0 Å². The lowest BCUT2D eigenvalue weighted by molar-refractivity contribution is -0.142. The zero-order valence-corrected chi connectivity index (χ0v) is 63.8. The molecule has 1 aliphatic carbocycles. The van der Waals surface area contributed by atoms with Crippen LogP contribution in [0.5, 0.6) is 23.0 Å². The van der Waals surface area contributed by atoms with Crippen LogP contribution in [0.25, 0.3) is 17.7 Å². The minimum Gasteiger partial charge on any atom is -0.508 e. The van der Waals surface area contributed by atoms with Gasteiger partial charge in [0.1, 0.15) is 28.2 Å². The quantitative estimate of drug-likeness (QED) is 0.0190. The van der Waals surface area contributed by atoms with Crippen molar-refractivity contribution in [3.05, 3.63) is 258 Å². The Labute approximate surface area is 641 Å². The first kappa shape index (κ1) is 85.1. The summed E-state index contributed by atoms with van der Waals surface area (Å²) >= 11 is 0. The van der Waals surface area contributed by atoms with Crippen molar-refractivity contribution in [3.8, 4) is 23.0 Å². The van der Waals surface area contributed by atoms with Crippen molar-refractivity contribution in [2.75, 3.05) is 48.5 Å². The van der Waals surface area contributed by atoms with Crippen LogP contribution in [0.2, 0.25) is 0 Å². The Morgan fingerprint density at radius 3 is 1.42 bits per heavy atom. The molecular weight excluding hydrogens is 1580 g/mol. The maximum Gasteiger partial charge on any atom is 0.534 e. The van der Waals surface area contributed by atoms with Crippen molar-refractivity contribution in [1.29, 1.82) is 0 Å². The van der Waals surface area contributed by atoms with Crippen molar-refractivity contribution >= 4 is 125 Å². The first-order chi connectivity index (χ1) is 52.4. The minimum atomic E-state index is -5.96. The van der Waals surface area contributed by atoms with Crippen LogP contribution in [0, 0.1) is 5.92 Å². The molecule has 3 aliphatic heterocycles. The second-order valence-electron chi connectivity index (χ2n) is 23.7. The first-order valence-corrected chi connectivity index (χ1v) is 40.5. The predicted molar refractivity (Wildman–Crippen MR) is 402 cm³/mol. The number of alkyl halides is 3. The molecule has 0 spiro atoms. The number of rotatable bonds is 17. The highest BCUT2D eigenvalue weighted by Crippen LogP contribution is 2.49. The van der Waals surface area contributed by atoms with Gasteiger partial charge in [-0.25, -0.2) is 43.3 Å². The van der Waals surface area contributed by atoms with Gasteiger partial charge in [0.05, 0.1) is 105 Å². The molecule has 586 valence electrons. The molecule has 111 heavy (non-hydrogen) atoms. The molecule has 4 aliphatic rings. The fourth-order valence-corrected chi connectivity index (χ4v) is 19.2. The molecule has 3 heterocycles. The van der Waals surface area contributed by atoms with Crippen LogP contribution in [-0.4, -0.2) is 140 Å². The molecule has 12 rings (SSSR count). The highest BCUT2D eigenvalue weighted by atomic mass is 35.7. The van der Waals surface area contributed by atoms with Gasteiger partial charge in [0.25, 0.3) is 29.1 Å². The normalized spacial score (nSPS) is 18.0. The van der Waals surface area contributed by atoms with Crippen LogP contribution in [0.1, 0.15) is 59.2 Å². The number of methoxy groups -OCH3 is 5. The Morgan fingerprint density at radius 2 is 0.946 bits per heavy atom. The zero-order valence-electron chi connectivity index (χ0n) is 58.9. The Hall–Kier alpha value is -11.5. The van der Waals surface area contributed by atoms with Gasteiger partial charge in [-0.1, -0.05) is 115 Å². The molecule has 1 fully saturated rings.